The topological polar surface area (TPSA) is 66.4 Å². The van der Waals surface area contributed by atoms with Gasteiger partial charge in [-0.3, -0.25) is 4.79 Å². The van der Waals surface area contributed by atoms with Gasteiger partial charge in [0.2, 0.25) is 0 Å². The number of carbonyl (C=O) groups excluding carboxylic acids is 1. The minimum absolute atomic E-state index is 0.178. The van der Waals surface area contributed by atoms with Crippen LogP contribution in [-0.4, -0.2) is 24.0 Å². The van der Waals surface area contributed by atoms with Crippen LogP contribution in [0.15, 0.2) is 24.3 Å². The highest BCUT2D eigenvalue weighted by molar-refractivity contribution is 5.96. The van der Waals surface area contributed by atoms with Gasteiger partial charge in [-0.15, -0.1) is 0 Å². The van der Waals surface area contributed by atoms with E-state index in [0.29, 0.717) is 5.56 Å². The minimum Gasteiger partial charge on any atom is -0.478 e. The summed E-state index contributed by atoms with van der Waals surface area (Å²) in [4.78, 5) is 21.9. The Balaban J connectivity index is 3.13. The summed E-state index contributed by atoms with van der Waals surface area (Å²) in [5.74, 6) is -1.19. The van der Waals surface area contributed by atoms with Crippen LogP contribution in [0.1, 0.15) is 21.5 Å². The lowest BCUT2D eigenvalue weighted by Crippen LogP contribution is -2.19. The first kappa shape index (κ1) is 12.0. The number of hydrogen-bond acceptors (Lipinski definition) is 2. The largest absolute Gasteiger partial charge is 0.478 e. The van der Waals surface area contributed by atoms with E-state index in [2.05, 4.69) is 5.32 Å². The van der Waals surface area contributed by atoms with Crippen LogP contribution >= 0.6 is 0 Å². The van der Waals surface area contributed by atoms with Gasteiger partial charge in [0.05, 0.1) is 0 Å². The highest BCUT2D eigenvalue weighted by Gasteiger charge is 2.08. The molecule has 0 spiro atoms. The molecule has 1 rings (SSSR count). The number of aliphatic carboxylic acids is 1. The Hall–Kier alpha value is -2.10. The average Bonchev–Trinajstić information content (AvgIpc) is 2.26. The van der Waals surface area contributed by atoms with Crippen LogP contribution in [0.4, 0.5) is 0 Å². The molecule has 0 unspecified atom stereocenters. The van der Waals surface area contributed by atoms with Gasteiger partial charge in [-0.25, -0.2) is 4.79 Å². The maximum atomic E-state index is 11.5. The molecule has 0 aliphatic rings. The van der Waals surface area contributed by atoms with E-state index in [-0.39, 0.29) is 5.91 Å². The second-order valence-electron chi connectivity index (χ2n) is 3.27. The highest BCUT2D eigenvalue weighted by Crippen LogP contribution is 2.15. The Labute approximate surface area is 93.6 Å². The van der Waals surface area contributed by atoms with Crippen LogP contribution in [0.25, 0.3) is 6.08 Å². The fourth-order valence-corrected chi connectivity index (χ4v) is 1.38. The summed E-state index contributed by atoms with van der Waals surface area (Å²) in [5, 5.41) is 11.1. The number of carbonyl (C=O) groups is 2. The van der Waals surface area contributed by atoms with E-state index in [1.807, 2.05) is 0 Å². The molecule has 0 aromatic heterocycles. The SMILES string of the molecule is CNC(=O)c1cccc(C=CC(=O)O)c1C. The van der Waals surface area contributed by atoms with Crippen LogP contribution in [-0.2, 0) is 4.79 Å². The Kier molecular flexibility index (Phi) is 3.83. The monoisotopic (exact) mass is 219 g/mol. The molecule has 0 saturated heterocycles. The molecule has 0 bridgehead atoms. The summed E-state index contributed by atoms with van der Waals surface area (Å²) in [7, 11) is 1.56. The molecule has 1 amide bonds. The minimum atomic E-state index is -1.01. The fourth-order valence-electron chi connectivity index (χ4n) is 1.38. The third kappa shape index (κ3) is 2.70. The molecule has 4 nitrogen and oxygen atoms in total. The van der Waals surface area contributed by atoms with E-state index >= 15 is 0 Å². The Bertz CT molecular complexity index is 450. The quantitative estimate of drug-likeness (QED) is 0.756. The van der Waals surface area contributed by atoms with Crippen molar-refractivity contribution in [3.8, 4) is 0 Å². The number of hydrogen-bond donors (Lipinski definition) is 2. The standard InChI is InChI=1S/C12H13NO3/c1-8-9(6-7-11(14)15)4-3-5-10(8)12(16)13-2/h3-7H,1-2H3,(H,13,16)(H,14,15). The van der Waals surface area contributed by atoms with Crippen molar-refractivity contribution in [3.63, 3.8) is 0 Å². The smallest absolute Gasteiger partial charge is 0.328 e. The molecule has 1 aromatic rings. The van der Waals surface area contributed by atoms with Gasteiger partial charge in [-0.2, -0.15) is 0 Å². The van der Waals surface area contributed by atoms with Crippen LogP contribution in [0.5, 0.6) is 0 Å². The fraction of sp³-hybridized carbons (Fsp3) is 0.167. The summed E-state index contributed by atoms with van der Waals surface area (Å²) in [6.07, 6.45) is 2.53. The molecule has 1 aromatic carbocycles. The van der Waals surface area contributed by atoms with Gasteiger partial charge in [0.1, 0.15) is 0 Å². The van der Waals surface area contributed by atoms with Crippen molar-refractivity contribution < 1.29 is 14.7 Å². The van der Waals surface area contributed by atoms with Gasteiger partial charge in [-0.1, -0.05) is 12.1 Å². The highest BCUT2D eigenvalue weighted by atomic mass is 16.4. The number of benzene rings is 1. The predicted octanol–water partition coefficient (Wildman–Crippen LogP) is 1.45. The zero-order chi connectivity index (χ0) is 12.1. The van der Waals surface area contributed by atoms with Gasteiger partial charge in [0.25, 0.3) is 5.91 Å². The van der Waals surface area contributed by atoms with Crippen molar-refractivity contribution >= 4 is 18.0 Å². The van der Waals surface area contributed by atoms with E-state index in [0.717, 1.165) is 17.2 Å². The molecule has 0 radical (unpaired) electrons. The number of rotatable bonds is 3. The first-order valence-corrected chi connectivity index (χ1v) is 4.79. The average molecular weight is 219 g/mol. The third-order valence-corrected chi connectivity index (χ3v) is 2.25. The summed E-state index contributed by atoms with van der Waals surface area (Å²) >= 11 is 0. The molecule has 0 atom stereocenters. The first-order chi connectivity index (χ1) is 7.56. The van der Waals surface area contributed by atoms with Crippen molar-refractivity contribution in [2.24, 2.45) is 0 Å². The van der Waals surface area contributed by atoms with Crippen molar-refractivity contribution in [2.45, 2.75) is 6.92 Å². The van der Waals surface area contributed by atoms with Crippen molar-refractivity contribution in [3.05, 3.63) is 41.0 Å². The Morgan fingerprint density at radius 1 is 1.38 bits per heavy atom. The van der Waals surface area contributed by atoms with Crippen LogP contribution in [0.2, 0.25) is 0 Å². The molecule has 4 heteroatoms. The van der Waals surface area contributed by atoms with Gasteiger partial charge < -0.3 is 10.4 Å². The van der Waals surface area contributed by atoms with Crippen molar-refractivity contribution in [1.82, 2.24) is 5.32 Å². The molecule has 16 heavy (non-hydrogen) atoms. The Morgan fingerprint density at radius 3 is 2.62 bits per heavy atom. The second-order valence-corrected chi connectivity index (χ2v) is 3.27. The van der Waals surface area contributed by atoms with E-state index < -0.39 is 5.97 Å². The summed E-state index contributed by atoms with van der Waals surface area (Å²) in [6.45, 7) is 1.78. The lowest BCUT2D eigenvalue weighted by atomic mass is 10.0. The number of nitrogens with one attached hydrogen (secondary N) is 1. The zero-order valence-electron chi connectivity index (χ0n) is 9.15. The Morgan fingerprint density at radius 2 is 2.06 bits per heavy atom. The second kappa shape index (κ2) is 5.11. The zero-order valence-corrected chi connectivity index (χ0v) is 9.15. The molecule has 0 aliphatic heterocycles. The maximum Gasteiger partial charge on any atom is 0.328 e. The molecule has 0 heterocycles. The molecular formula is C12H13NO3. The predicted molar refractivity (Wildman–Crippen MR) is 61.2 cm³/mol. The molecule has 0 saturated carbocycles. The maximum absolute atomic E-state index is 11.5. The normalized spacial score (nSPS) is 10.4. The van der Waals surface area contributed by atoms with Crippen LogP contribution in [0, 0.1) is 6.92 Å². The van der Waals surface area contributed by atoms with E-state index in [4.69, 9.17) is 5.11 Å². The summed E-state index contributed by atoms with van der Waals surface area (Å²) < 4.78 is 0. The molecule has 2 N–H and O–H groups in total. The number of carboxylic acids is 1. The van der Waals surface area contributed by atoms with E-state index in [1.165, 1.54) is 6.08 Å². The summed E-state index contributed by atoms with van der Waals surface area (Å²) in [6, 6.07) is 5.19. The van der Waals surface area contributed by atoms with Gasteiger partial charge >= 0.3 is 5.97 Å². The van der Waals surface area contributed by atoms with Gasteiger partial charge in [0, 0.05) is 18.7 Å². The van der Waals surface area contributed by atoms with Crippen LogP contribution < -0.4 is 5.32 Å². The molecule has 84 valence electrons. The summed E-state index contributed by atoms with van der Waals surface area (Å²) in [5.41, 5.74) is 2.04. The van der Waals surface area contributed by atoms with Crippen LogP contribution in [0.3, 0.4) is 0 Å². The van der Waals surface area contributed by atoms with E-state index in [1.54, 1.807) is 32.2 Å². The van der Waals surface area contributed by atoms with E-state index in [9.17, 15) is 9.59 Å². The molecule has 0 fully saturated rings. The third-order valence-electron chi connectivity index (χ3n) is 2.25. The first-order valence-electron chi connectivity index (χ1n) is 4.79. The molecule has 0 aliphatic carbocycles. The van der Waals surface area contributed by atoms with Crippen molar-refractivity contribution in [2.75, 3.05) is 7.05 Å². The lowest BCUT2D eigenvalue weighted by molar-refractivity contribution is -0.131. The van der Waals surface area contributed by atoms with Gasteiger partial charge in [0.15, 0.2) is 0 Å². The number of carboxylic acid groups (broad SMARTS) is 1. The molecular weight excluding hydrogens is 206 g/mol. The lowest BCUT2D eigenvalue weighted by Gasteiger charge is -2.06. The van der Waals surface area contributed by atoms with Gasteiger partial charge in [-0.05, 0) is 30.2 Å². The number of amides is 1. The van der Waals surface area contributed by atoms with Crippen molar-refractivity contribution in [1.29, 1.82) is 0 Å².